The Kier molecular flexibility index (Phi) is 3.64. The van der Waals surface area contributed by atoms with Gasteiger partial charge in [-0.25, -0.2) is 4.31 Å². The average Bonchev–Trinajstić information content (AvgIpc) is 2.34. The van der Waals surface area contributed by atoms with Gasteiger partial charge in [0.15, 0.2) is 0 Å². The van der Waals surface area contributed by atoms with Crippen molar-refractivity contribution in [3.8, 4) is 0 Å². The van der Waals surface area contributed by atoms with Crippen molar-refractivity contribution in [2.75, 3.05) is 33.7 Å². The molecule has 1 heterocycles. The zero-order chi connectivity index (χ0) is 9.14. The molecule has 0 aromatic rings. The Bertz CT molecular complexity index is 175. The van der Waals surface area contributed by atoms with Crippen LogP contribution in [0.25, 0.3) is 0 Å². The lowest BCUT2D eigenvalue weighted by Gasteiger charge is -2.19. The Hall–Kier alpha value is 0.0300. The molecule has 2 atom stereocenters. The maximum Gasteiger partial charge on any atom is 0.0209 e. The van der Waals surface area contributed by atoms with Gasteiger partial charge in [-0.2, -0.15) is 0 Å². The van der Waals surface area contributed by atoms with Gasteiger partial charge in [-0.15, -0.1) is 0 Å². The number of nitrogens with zero attached hydrogens (tertiary/aromatic N) is 2. The van der Waals surface area contributed by atoms with Crippen LogP contribution in [0.4, 0.5) is 0 Å². The van der Waals surface area contributed by atoms with Crippen LogP contribution in [0, 0.1) is 5.92 Å². The van der Waals surface area contributed by atoms with Gasteiger partial charge < -0.3 is 9.45 Å². The predicted octanol–water partition coefficient (Wildman–Crippen LogP) is -0.336. The van der Waals surface area contributed by atoms with E-state index in [0.717, 1.165) is 13.0 Å². The maximum atomic E-state index is 10.5. The van der Waals surface area contributed by atoms with Crippen molar-refractivity contribution < 1.29 is 8.76 Å². The Morgan fingerprint density at radius 3 is 2.75 bits per heavy atom. The molecule has 72 valence electrons. The van der Waals surface area contributed by atoms with Gasteiger partial charge in [0.25, 0.3) is 0 Å². The molecule has 4 nitrogen and oxygen atoms in total. The van der Waals surface area contributed by atoms with Crippen LogP contribution in [0.15, 0.2) is 0 Å². The first-order valence-corrected chi connectivity index (χ1v) is 5.12. The molecule has 0 aromatic heterocycles. The normalized spacial score (nSPS) is 28.2. The lowest BCUT2D eigenvalue weighted by molar-refractivity contribution is 0.328. The highest BCUT2D eigenvalue weighted by Gasteiger charge is 2.22. The van der Waals surface area contributed by atoms with Gasteiger partial charge in [0.1, 0.15) is 0 Å². The molecule has 0 spiro atoms. The first-order chi connectivity index (χ1) is 5.59. The second-order valence-corrected chi connectivity index (χ2v) is 4.47. The number of hydrogen-bond donors (Lipinski definition) is 0. The Balaban J connectivity index is 2.30. The van der Waals surface area contributed by atoms with E-state index in [1.807, 2.05) is 14.1 Å². The van der Waals surface area contributed by atoms with Gasteiger partial charge >= 0.3 is 0 Å². The molecule has 1 aliphatic heterocycles. The van der Waals surface area contributed by atoms with Crippen molar-refractivity contribution in [1.82, 2.24) is 9.21 Å². The quantitative estimate of drug-likeness (QED) is 0.574. The molecule has 5 heteroatoms. The Morgan fingerprint density at radius 1 is 1.67 bits per heavy atom. The third kappa shape index (κ3) is 2.82. The van der Waals surface area contributed by atoms with Gasteiger partial charge in [-0.3, -0.25) is 4.21 Å². The van der Waals surface area contributed by atoms with Gasteiger partial charge in [0.05, 0.1) is 0 Å². The summed E-state index contributed by atoms with van der Waals surface area (Å²) in [6.07, 6.45) is 0.992. The Morgan fingerprint density at radius 2 is 2.33 bits per heavy atom. The lowest BCUT2D eigenvalue weighted by Crippen LogP contribution is -2.26. The summed E-state index contributed by atoms with van der Waals surface area (Å²) in [7, 11) is 4.02. The SMILES string of the molecule is CN(C)CC1CCN(S(=O)[O-])C1. The van der Waals surface area contributed by atoms with Crippen LogP contribution in [-0.2, 0) is 11.3 Å². The second kappa shape index (κ2) is 4.32. The summed E-state index contributed by atoms with van der Waals surface area (Å²) in [4.78, 5) is 2.10. The van der Waals surface area contributed by atoms with E-state index in [1.54, 1.807) is 0 Å². The van der Waals surface area contributed by atoms with Crippen LogP contribution in [0.1, 0.15) is 6.42 Å². The standard InChI is InChI=1S/C7H16N2O2S/c1-8(2)5-7-3-4-9(6-7)12(10)11/h7H,3-6H2,1-2H3,(H,10,11)/p-1. The molecular formula is C7H15N2O2S-. The highest BCUT2D eigenvalue weighted by molar-refractivity contribution is 7.76. The molecule has 12 heavy (non-hydrogen) atoms. The molecule has 2 unspecified atom stereocenters. The molecule has 0 aromatic carbocycles. The third-order valence-electron chi connectivity index (χ3n) is 2.08. The van der Waals surface area contributed by atoms with Crippen molar-refractivity contribution in [3.63, 3.8) is 0 Å². The molecular weight excluding hydrogens is 176 g/mol. The zero-order valence-electron chi connectivity index (χ0n) is 7.52. The maximum absolute atomic E-state index is 10.5. The van der Waals surface area contributed by atoms with E-state index >= 15 is 0 Å². The molecule has 0 bridgehead atoms. The van der Waals surface area contributed by atoms with E-state index < -0.39 is 11.3 Å². The molecule has 0 radical (unpaired) electrons. The summed E-state index contributed by atoms with van der Waals surface area (Å²) in [5, 5.41) is 0. The summed E-state index contributed by atoms with van der Waals surface area (Å²) in [6, 6.07) is 0. The molecule has 0 amide bonds. The minimum absolute atomic E-state index is 0.512. The molecule has 0 N–H and O–H groups in total. The first kappa shape index (κ1) is 10.1. The summed E-state index contributed by atoms with van der Waals surface area (Å²) in [6.45, 7) is 2.36. The van der Waals surface area contributed by atoms with Crippen molar-refractivity contribution in [2.24, 2.45) is 5.92 Å². The molecule has 1 rings (SSSR count). The highest BCUT2D eigenvalue weighted by atomic mass is 32.2. The van der Waals surface area contributed by atoms with E-state index in [1.165, 1.54) is 4.31 Å². The molecule has 1 fully saturated rings. The molecule has 1 aliphatic rings. The fourth-order valence-corrected chi connectivity index (χ4v) is 2.18. The van der Waals surface area contributed by atoms with Crippen LogP contribution < -0.4 is 0 Å². The monoisotopic (exact) mass is 191 g/mol. The topological polar surface area (TPSA) is 46.6 Å². The number of rotatable bonds is 3. The minimum atomic E-state index is -2.01. The van der Waals surface area contributed by atoms with Crippen molar-refractivity contribution in [1.29, 1.82) is 0 Å². The smallest absolute Gasteiger partial charge is 0.0209 e. The average molecular weight is 191 g/mol. The van der Waals surface area contributed by atoms with E-state index in [2.05, 4.69) is 4.90 Å². The second-order valence-electron chi connectivity index (χ2n) is 3.52. The van der Waals surface area contributed by atoms with Gasteiger partial charge in [-0.1, -0.05) is 0 Å². The van der Waals surface area contributed by atoms with Crippen molar-refractivity contribution >= 4 is 11.3 Å². The summed E-state index contributed by atoms with van der Waals surface area (Å²) < 4.78 is 22.6. The van der Waals surface area contributed by atoms with Gasteiger partial charge in [0.2, 0.25) is 0 Å². The summed E-state index contributed by atoms with van der Waals surface area (Å²) in [5.41, 5.74) is 0. The van der Waals surface area contributed by atoms with E-state index in [4.69, 9.17) is 0 Å². The minimum Gasteiger partial charge on any atom is -0.760 e. The number of hydrogen-bond acceptors (Lipinski definition) is 3. The largest absolute Gasteiger partial charge is 0.760 e. The van der Waals surface area contributed by atoms with Crippen LogP contribution >= 0.6 is 0 Å². The van der Waals surface area contributed by atoms with Crippen LogP contribution in [-0.4, -0.2) is 51.7 Å². The highest BCUT2D eigenvalue weighted by Crippen LogP contribution is 2.17. The zero-order valence-corrected chi connectivity index (χ0v) is 8.34. The third-order valence-corrected chi connectivity index (χ3v) is 2.84. The van der Waals surface area contributed by atoms with Crippen molar-refractivity contribution in [2.45, 2.75) is 6.42 Å². The fourth-order valence-electron chi connectivity index (χ4n) is 1.60. The first-order valence-electron chi connectivity index (χ1n) is 4.08. The van der Waals surface area contributed by atoms with Crippen molar-refractivity contribution in [3.05, 3.63) is 0 Å². The van der Waals surface area contributed by atoms with E-state index in [-0.39, 0.29) is 0 Å². The van der Waals surface area contributed by atoms with E-state index in [9.17, 15) is 8.76 Å². The summed E-state index contributed by atoms with van der Waals surface area (Å²) >= 11 is -2.01. The predicted molar refractivity (Wildman–Crippen MR) is 47.2 cm³/mol. The molecule has 0 aliphatic carbocycles. The fraction of sp³-hybridized carbons (Fsp3) is 1.00. The molecule has 0 saturated carbocycles. The van der Waals surface area contributed by atoms with Crippen LogP contribution in [0.5, 0.6) is 0 Å². The van der Waals surface area contributed by atoms with Crippen LogP contribution in [0.3, 0.4) is 0 Å². The van der Waals surface area contributed by atoms with Gasteiger partial charge in [0, 0.05) is 30.9 Å². The van der Waals surface area contributed by atoms with Gasteiger partial charge in [-0.05, 0) is 26.4 Å². The Labute approximate surface area is 76.0 Å². The summed E-state index contributed by atoms with van der Waals surface area (Å²) in [5.74, 6) is 0.512. The lowest BCUT2D eigenvalue weighted by atomic mass is 10.1. The van der Waals surface area contributed by atoms with E-state index in [0.29, 0.717) is 19.0 Å². The van der Waals surface area contributed by atoms with Crippen LogP contribution in [0.2, 0.25) is 0 Å². The molecule has 1 saturated heterocycles.